The number of alkyl halides is 3. The lowest BCUT2D eigenvalue weighted by atomic mass is 10.3. The first-order valence-electron chi connectivity index (χ1n) is 5.75. The average molecular weight is 271 g/mol. The normalized spacial score (nSPS) is 14.1. The molecule has 0 bridgehead atoms. The van der Waals surface area contributed by atoms with Crippen molar-refractivity contribution in [3.63, 3.8) is 0 Å². The molecule has 0 aromatic carbocycles. The lowest BCUT2D eigenvalue weighted by Gasteiger charge is -2.22. The Balaban J connectivity index is 4.19. The minimum Gasteiger partial charge on any atom is -0.376 e. The Hall–Kier alpha value is -0.820. The summed E-state index contributed by atoms with van der Waals surface area (Å²) in [6.45, 7) is 7.03. The molecule has 0 aromatic rings. The van der Waals surface area contributed by atoms with Crippen LogP contribution in [0.3, 0.4) is 0 Å². The molecular formula is C11H20F3NO3. The first-order valence-corrected chi connectivity index (χ1v) is 5.75. The number of ether oxygens (including phenoxy) is 2. The molecule has 0 fully saturated rings. The minimum atomic E-state index is -4.87. The Morgan fingerprint density at radius 2 is 1.72 bits per heavy atom. The molecule has 0 saturated carbocycles. The highest BCUT2D eigenvalue weighted by Crippen LogP contribution is 2.14. The van der Waals surface area contributed by atoms with Crippen LogP contribution in [0.25, 0.3) is 0 Å². The van der Waals surface area contributed by atoms with Crippen LogP contribution in [-0.4, -0.2) is 43.5 Å². The Morgan fingerprint density at radius 1 is 1.17 bits per heavy atom. The lowest BCUT2D eigenvalue weighted by molar-refractivity contribution is -0.174. The summed E-state index contributed by atoms with van der Waals surface area (Å²) in [5.41, 5.74) is 0. The van der Waals surface area contributed by atoms with Gasteiger partial charge in [-0.3, -0.25) is 4.79 Å². The lowest BCUT2D eigenvalue weighted by Crippen LogP contribution is -2.43. The number of amides is 1. The van der Waals surface area contributed by atoms with E-state index < -0.39 is 18.2 Å². The monoisotopic (exact) mass is 271 g/mol. The van der Waals surface area contributed by atoms with Crippen LogP contribution in [-0.2, 0) is 14.3 Å². The summed E-state index contributed by atoms with van der Waals surface area (Å²) < 4.78 is 46.6. The number of rotatable bonds is 7. The summed E-state index contributed by atoms with van der Waals surface area (Å²) in [5, 5.41) is 1.78. The van der Waals surface area contributed by atoms with Crippen molar-refractivity contribution in [1.82, 2.24) is 5.32 Å². The molecule has 0 aliphatic carbocycles. The maximum absolute atomic E-state index is 12.0. The van der Waals surface area contributed by atoms with Gasteiger partial charge >= 0.3 is 12.1 Å². The summed E-state index contributed by atoms with van der Waals surface area (Å²) in [4.78, 5) is 10.7. The molecule has 0 aromatic heterocycles. The molecule has 0 aliphatic rings. The van der Waals surface area contributed by atoms with Gasteiger partial charge in [0.1, 0.15) is 0 Å². The fourth-order valence-electron chi connectivity index (χ4n) is 1.14. The average Bonchev–Trinajstić information content (AvgIpc) is 2.19. The second-order valence-electron chi connectivity index (χ2n) is 4.40. The van der Waals surface area contributed by atoms with Crippen LogP contribution >= 0.6 is 0 Å². The molecule has 0 saturated heterocycles. The van der Waals surface area contributed by atoms with Crippen molar-refractivity contribution >= 4 is 5.91 Å². The first-order chi connectivity index (χ1) is 8.12. The van der Waals surface area contributed by atoms with Crippen LogP contribution in [0.2, 0.25) is 0 Å². The van der Waals surface area contributed by atoms with Gasteiger partial charge in [0.25, 0.3) is 0 Å². The Labute approximate surface area is 105 Å². The third-order valence-electron chi connectivity index (χ3n) is 1.83. The maximum atomic E-state index is 12.0. The second-order valence-corrected chi connectivity index (χ2v) is 4.40. The molecule has 7 heteroatoms. The van der Waals surface area contributed by atoms with E-state index in [1.54, 1.807) is 33.0 Å². The van der Waals surface area contributed by atoms with Gasteiger partial charge in [-0.15, -0.1) is 0 Å². The van der Waals surface area contributed by atoms with Crippen molar-refractivity contribution in [3.05, 3.63) is 0 Å². The summed E-state index contributed by atoms with van der Waals surface area (Å²) >= 11 is 0. The molecule has 108 valence electrons. The Morgan fingerprint density at radius 3 is 2.11 bits per heavy atom. The smallest absolute Gasteiger partial charge is 0.376 e. The van der Waals surface area contributed by atoms with Crippen molar-refractivity contribution in [2.75, 3.05) is 13.2 Å². The topological polar surface area (TPSA) is 47.6 Å². The van der Waals surface area contributed by atoms with Crippen LogP contribution in [0.4, 0.5) is 13.2 Å². The minimum absolute atomic E-state index is 0.0541. The van der Waals surface area contributed by atoms with E-state index in [1.807, 2.05) is 0 Å². The summed E-state index contributed by atoms with van der Waals surface area (Å²) in [7, 11) is 0. The molecule has 1 unspecified atom stereocenters. The highest BCUT2D eigenvalue weighted by Gasteiger charge is 2.38. The number of hydrogen-bond acceptors (Lipinski definition) is 3. The van der Waals surface area contributed by atoms with E-state index in [9.17, 15) is 18.0 Å². The van der Waals surface area contributed by atoms with E-state index in [2.05, 4.69) is 0 Å². The van der Waals surface area contributed by atoms with Crippen LogP contribution in [0.1, 0.15) is 27.7 Å². The van der Waals surface area contributed by atoms with E-state index in [4.69, 9.17) is 9.47 Å². The highest BCUT2D eigenvalue weighted by atomic mass is 19.4. The third kappa shape index (κ3) is 8.30. The van der Waals surface area contributed by atoms with Crippen molar-refractivity contribution in [3.8, 4) is 0 Å². The molecule has 4 nitrogen and oxygen atoms in total. The van der Waals surface area contributed by atoms with E-state index in [0.717, 1.165) is 0 Å². The predicted octanol–water partition coefficient (Wildman–Crippen LogP) is 1.88. The molecule has 0 heterocycles. The fourth-order valence-corrected chi connectivity index (χ4v) is 1.14. The second kappa shape index (κ2) is 7.58. The Kier molecular flexibility index (Phi) is 7.23. The molecule has 1 atom stereocenters. The van der Waals surface area contributed by atoms with Crippen molar-refractivity contribution in [1.29, 1.82) is 0 Å². The molecule has 1 N–H and O–H groups in total. The summed E-state index contributed by atoms with van der Waals surface area (Å²) in [6.07, 6.45) is -5.68. The quantitative estimate of drug-likeness (QED) is 0.769. The van der Waals surface area contributed by atoms with Crippen LogP contribution in [0, 0.1) is 0 Å². The molecule has 0 rings (SSSR count). The van der Waals surface area contributed by atoms with Gasteiger partial charge in [-0.2, -0.15) is 13.2 Å². The van der Waals surface area contributed by atoms with Gasteiger partial charge in [-0.05, 0) is 27.7 Å². The molecule has 0 radical (unpaired) electrons. The molecule has 1 amide bonds. The van der Waals surface area contributed by atoms with Crippen LogP contribution in [0.5, 0.6) is 0 Å². The first kappa shape index (κ1) is 17.2. The Bertz CT molecular complexity index is 254. The van der Waals surface area contributed by atoms with Gasteiger partial charge in [-0.25, -0.2) is 0 Å². The van der Waals surface area contributed by atoms with E-state index in [-0.39, 0.29) is 25.4 Å². The highest BCUT2D eigenvalue weighted by molar-refractivity contribution is 5.81. The molecule has 0 spiro atoms. The zero-order valence-corrected chi connectivity index (χ0v) is 11.0. The molecule has 18 heavy (non-hydrogen) atoms. The number of carbonyl (C=O) groups excluding carboxylic acids is 1. The van der Waals surface area contributed by atoms with Gasteiger partial charge in [0.15, 0.2) is 0 Å². The van der Waals surface area contributed by atoms with Gasteiger partial charge in [0.2, 0.25) is 0 Å². The number of hydrogen-bond donors (Lipinski definition) is 1. The summed E-state index contributed by atoms with van der Waals surface area (Å²) in [6, 6.07) is 0. The predicted molar refractivity (Wildman–Crippen MR) is 60.2 cm³/mol. The third-order valence-corrected chi connectivity index (χ3v) is 1.83. The van der Waals surface area contributed by atoms with Crippen molar-refractivity contribution < 1.29 is 27.4 Å². The number of carbonyl (C=O) groups is 1. The molecule has 0 aliphatic heterocycles. The van der Waals surface area contributed by atoms with E-state index in [1.165, 1.54) is 0 Å². The SMILES string of the molecule is CC(C)OCC(CNC(=O)C(F)(F)F)OC(C)C. The van der Waals surface area contributed by atoms with Gasteiger partial charge in [-0.1, -0.05) is 0 Å². The van der Waals surface area contributed by atoms with Gasteiger partial charge < -0.3 is 14.8 Å². The van der Waals surface area contributed by atoms with Crippen LogP contribution in [0.15, 0.2) is 0 Å². The number of halogens is 3. The number of nitrogens with one attached hydrogen (secondary N) is 1. The van der Waals surface area contributed by atoms with E-state index >= 15 is 0 Å². The van der Waals surface area contributed by atoms with Gasteiger partial charge in [0, 0.05) is 6.54 Å². The van der Waals surface area contributed by atoms with Gasteiger partial charge in [0.05, 0.1) is 24.9 Å². The zero-order chi connectivity index (χ0) is 14.3. The maximum Gasteiger partial charge on any atom is 0.471 e. The van der Waals surface area contributed by atoms with Crippen molar-refractivity contribution in [2.24, 2.45) is 0 Å². The van der Waals surface area contributed by atoms with Crippen molar-refractivity contribution in [2.45, 2.75) is 52.2 Å². The van der Waals surface area contributed by atoms with E-state index in [0.29, 0.717) is 0 Å². The fraction of sp³-hybridized carbons (Fsp3) is 0.909. The standard InChI is InChI=1S/C11H20F3NO3/c1-7(2)17-6-9(18-8(3)4)5-15-10(16)11(12,13)14/h7-9H,5-6H2,1-4H3,(H,15,16). The van der Waals surface area contributed by atoms with Crippen LogP contribution < -0.4 is 5.32 Å². The molecular weight excluding hydrogens is 251 g/mol. The summed E-state index contributed by atoms with van der Waals surface area (Å²) in [5.74, 6) is -1.97. The largest absolute Gasteiger partial charge is 0.471 e. The zero-order valence-electron chi connectivity index (χ0n) is 11.0.